The number of nitrogens with zero attached hydrogens (tertiary/aromatic N) is 1. The quantitative estimate of drug-likeness (QED) is 0.630. The molecule has 1 heterocycles. The number of amides is 1. The molecule has 0 N–H and O–H groups in total. The van der Waals surface area contributed by atoms with Crippen molar-refractivity contribution < 1.29 is 14.3 Å². The van der Waals surface area contributed by atoms with Gasteiger partial charge in [-0.25, -0.2) is 0 Å². The number of anilines is 1. The van der Waals surface area contributed by atoms with Gasteiger partial charge in [0.15, 0.2) is 11.4 Å². The van der Waals surface area contributed by atoms with Crippen LogP contribution in [0.3, 0.4) is 0 Å². The van der Waals surface area contributed by atoms with E-state index in [4.69, 9.17) is 4.74 Å². The second-order valence-electron chi connectivity index (χ2n) is 5.92. The molecule has 0 saturated heterocycles. The van der Waals surface area contributed by atoms with E-state index >= 15 is 0 Å². The molecule has 4 heteroatoms. The highest BCUT2D eigenvalue weighted by atomic mass is 16.5. The van der Waals surface area contributed by atoms with E-state index in [2.05, 4.69) is 6.58 Å². The van der Waals surface area contributed by atoms with Gasteiger partial charge in [0.25, 0.3) is 5.91 Å². The Hall–Kier alpha value is -2.10. The fourth-order valence-electron chi connectivity index (χ4n) is 2.37. The van der Waals surface area contributed by atoms with E-state index in [0.29, 0.717) is 30.0 Å². The minimum Gasteiger partial charge on any atom is -0.476 e. The van der Waals surface area contributed by atoms with E-state index in [-0.39, 0.29) is 11.7 Å². The van der Waals surface area contributed by atoms with Crippen LogP contribution < -0.4 is 9.64 Å². The van der Waals surface area contributed by atoms with Crippen molar-refractivity contribution in [2.45, 2.75) is 39.7 Å². The molecule has 0 unspecified atom stereocenters. The number of hydrogen-bond donors (Lipinski definition) is 0. The Labute approximate surface area is 125 Å². The zero-order valence-electron chi connectivity index (χ0n) is 13.0. The maximum absolute atomic E-state index is 12.6. The molecule has 2 rings (SSSR count). The van der Waals surface area contributed by atoms with Crippen molar-refractivity contribution in [2.24, 2.45) is 0 Å². The molecule has 112 valence electrons. The minimum absolute atomic E-state index is 0.0466. The third kappa shape index (κ3) is 2.84. The van der Waals surface area contributed by atoms with Gasteiger partial charge in [0.1, 0.15) is 5.75 Å². The summed E-state index contributed by atoms with van der Waals surface area (Å²) in [4.78, 5) is 26.1. The van der Waals surface area contributed by atoms with Gasteiger partial charge in [-0.15, -0.1) is 0 Å². The molecule has 0 aromatic heterocycles. The Morgan fingerprint density at radius 1 is 1.38 bits per heavy atom. The number of hydrogen-bond acceptors (Lipinski definition) is 3. The Morgan fingerprint density at radius 2 is 2.05 bits per heavy atom. The summed E-state index contributed by atoms with van der Waals surface area (Å²) < 4.78 is 5.78. The molecule has 0 radical (unpaired) electrons. The number of Topliss-reactive ketones (excluding diaryl/α,β-unsaturated/α-hetero) is 1. The van der Waals surface area contributed by atoms with Gasteiger partial charge in [0, 0.05) is 18.5 Å². The van der Waals surface area contributed by atoms with Gasteiger partial charge < -0.3 is 9.64 Å². The van der Waals surface area contributed by atoms with Gasteiger partial charge in [-0.3, -0.25) is 9.59 Å². The van der Waals surface area contributed by atoms with Crippen LogP contribution in [-0.4, -0.2) is 23.8 Å². The van der Waals surface area contributed by atoms with Gasteiger partial charge in [-0.1, -0.05) is 19.1 Å². The van der Waals surface area contributed by atoms with Gasteiger partial charge in [-0.05, 0) is 39.0 Å². The van der Waals surface area contributed by atoms with E-state index in [1.54, 1.807) is 36.9 Å². The number of rotatable bonds is 4. The molecule has 0 atom stereocenters. The van der Waals surface area contributed by atoms with Crippen LogP contribution in [0, 0.1) is 0 Å². The number of ketones is 1. The monoisotopic (exact) mass is 287 g/mol. The molecule has 0 bridgehead atoms. The van der Waals surface area contributed by atoms with Crippen LogP contribution >= 0.6 is 0 Å². The summed E-state index contributed by atoms with van der Waals surface area (Å²) in [5.74, 6) is 0.540. The third-order valence-corrected chi connectivity index (χ3v) is 3.45. The van der Waals surface area contributed by atoms with E-state index in [1.165, 1.54) is 0 Å². The summed E-state index contributed by atoms with van der Waals surface area (Å²) in [7, 11) is 0. The summed E-state index contributed by atoms with van der Waals surface area (Å²) in [5, 5.41) is 0. The van der Waals surface area contributed by atoms with Crippen molar-refractivity contribution in [1.82, 2.24) is 0 Å². The molecule has 1 aliphatic heterocycles. The minimum atomic E-state index is -0.918. The molecular formula is C17H21NO3. The summed E-state index contributed by atoms with van der Waals surface area (Å²) in [5.41, 5.74) is 1.19. The zero-order valence-corrected chi connectivity index (χ0v) is 13.0. The second-order valence-corrected chi connectivity index (χ2v) is 5.92. The fourth-order valence-corrected chi connectivity index (χ4v) is 2.37. The van der Waals surface area contributed by atoms with Crippen LogP contribution in [0.2, 0.25) is 0 Å². The first kappa shape index (κ1) is 15.3. The van der Waals surface area contributed by atoms with Crippen molar-refractivity contribution in [1.29, 1.82) is 0 Å². The van der Waals surface area contributed by atoms with Crippen LogP contribution in [-0.2, 0) is 4.79 Å². The SMILES string of the molecule is C=C(C)CN1C(=O)C(C)(C)Oc2ccc(C(=O)CC)cc21. The average Bonchev–Trinajstić information content (AvgIpc) is 2.42. The Bertz CT molecular complexity index is 616. The lowest BCUT2D eigenvalue weighted by Gasteiger charge is -2.39. The normalized spacial score (nSPS) is 16.2. The first-order valence-electron chi connectivity index (χ1n) is 7.09. The van der Waals surface area contributed by atoms with Gasteiger partial charge >= 0.3 is 0 Å². The summed E-state index contributed by atoms with van der Waals surface area (Å²) in [6.07, 6.45) is 0.430. The van der Waals surface area contributed by atoms with Crippen LogP contribution in [0.15, 0.2) is 30.4 Å². The predicted molar refractivity (Wildman–Crippen MR) is 82.9 cm³/mol. The Morgan fingerprint density at radius 3 is 2.62 bits per heavy atom. The maximum Gasteiger partial charge on any atom is 0.270 e. The topological polar surface area (TPSA) is 46.6 Å². The lowest BCUT2D eigenvalue weighted by atomic mass is 10.0. The molecule has 0 fully saturated rings. The number of ether oxygens (including phenoxy) is 1. The van der Waals surface area contributed by atoms with Crippen LogP contribution in [0.25, 0.3) is 0 Å². The van der Waals surface area contributed by atoms with E-state index in [0.717, 1.165) is 5.57 Å². The summed E-state index contributed by atoms with van der Waals surface area (Å²) in [6, 6.07) is 5.24. The molecule has 1 amide bonds. The Balaban J connectivity index is 2.53. The predicted octanol–water partition coefficient (Wildman–Crippen LogP) is 3.36. The lowest BCUT2D eigenvalue weighted by molar-refractivity contribution is -0.132. The highest BCUT2D eigenvalue weighted by Crippen LogP contribution is 2.38. The van der Waals surface area contributed by atoms with Gasteiger partial charge in [0.2, 0.25) is 0 Å². The van der Waals surface area contributed by atoms with E-state index < -0.39 is 5.60 Å². The maximum atomic E-state index is 12.6. The first-order chi connectivity index (χ1) is 9.76. The molecule has 0 saturated carbocycles. The molecule has 21 heavy (non-hydrogen) atoms. The molecule has 1 aliphatic rings. The summed E-state index contributed by atoms with van der Waals surface area (Å²) >= 11 is 0. The Kier molecular flexibility index (Phi) is 3.90. The van der Waals surface area contributed by atoms with E-state index in [1.807, 2.05) is 13.8 Å². The molecule has 1 aromatic rings. The molecule has 0 aliphatic carbocycles. The number of carbonyl (C=O) groups is 2. The number of carbonyl (C=O) groups excluding carboxylic acids is 2. The van der Waals surface area contributed by atoms with Crippen LogP contribution in [0.5, 0.6) is 5.75 Å². The molecule has 1 aromatic carbocycles. The van der Waals surface area contributed by atoms with Gasteiger partial charge in [-0.2, -0.15) is 0 Å². The van der Waals surface area contributed by atoms with Crippen molar-refractivity contribution >= 4 is 17.4 Å². The van der Waals surface area contributed by atoms with E-state index in [9.17, 15) is 9.59 Å². The molecular weight excluding hydrogens is 266 g/mol. The van der Waals surface area contributed by atoms with Crippen LogP contribution in [0.4, 0.5) is 5.69 Å². The van der Waals surface area contributed by atoms with Crippen molar-refractivity contribution in [3.8, 4) is 5.75 Å². The smallest absolute Gasteiger partial charge is 0.270 e. The standard InChI is InChI=1S/C17H21NO3/c1-6-14(19)12-7-8-15-13(9-12)18(10-11(2)3)16(20)17(4,5)21-15/h7-9H,2,6,10H2,1,3-5H3. The van der Waals surface area contributed by atoms with Gasteiger partial charge in [0.05, 0.1) is 5.69 Å². The molecule has 0 spiro atoms. The zero-order chi connectivity index (χ0) is 15.8. The largest absolute Gasteiger partial charge is 0.476 e. The fraction of sp³-hybridized carbons (Fsp3) is 0.412. The van der Waals surface area contributed by atoms with Crippen molar-refractivity contribution in [2.75, 3.05) is 11.4 Å². The number of benzene rings is 1. The lowest BCUT2D eigenvalue weighted by Crippen LogP contribution is -2.52. The second kappa shape index (κ2) is 5.35. The van der Waals surface area contributed by atoms with Crippen molar-refractivity contribution in [3.63, 3.8) is 0 Å². The molecule has 4 nitrogen and oxygen atoms in total. The first-order valence-corrected chi connectivity index (χ1v) is 7.09. The summed E-state index contributed by atoms with van der Waals surface area (Å²) in [6.45, 7) is 11.5. The highest BCUT2D eigenvalue weighted by Gasteiger charge is 2.40. The third-order valence-electron chi connectivity index (χ3n) is 3.45. The number of fused-ring (bicyclic) bond motifs is 1. The highest BCUT2D eigenvalue weighted by molar-refractivity contribution is 6.04. The van der Waals surface area contributed by atoms with Crippen molar-refractivity contribution in [3.05, 3.63) is 35.9 Å². The van der Waals surface area contributed by atoms with Crippen LogP contribution in [0.1, 0.15) is 44.5 Å². The average molecular weight is 287 g/mol.